The summed E-state index contributed by atoms with van der Waals surface area (Å²) < 4.78 is 31.6. The summed E-state index contributed by atoms with van der Waals surface area (Å²) in [5, 5.41) is 9.71. The first kappa shape index (κ1) is 12.8. The summed E-state index contributed by atoms with van der Waals surface area (Å²) in [5.74, 6) is -5.08. The van der Waals surface area contributed by atoms with E-state index in [-0.39, 0.29) is 34.6 Å². The van der Waals surface area contributed by atoms with Crippen LogP contribution in [0.3, 0.4) is 0 Å². The van der Waals surface area contributed by atoms with Crippen LogP contribution in [-0.4, -0.2) is 28.7 Å². The van der Waals surface area contributed by atoms with Gasteiger partial charge in [0.2, 0.25) is 5.78 Å². The van der Waals surface area contributed by atoms with Crippen LogP contribution in [0.1, 0.15) is 34.1 Å². The van der Waals surface area contributed by atoms with Crippen molar-refractivity contribution in [3.63, 3.8) is 0 Å². The molecule has 1 heterocycles. The number of hydrogen-bond acceptors (Lipinski definition) is 4. The second-order valence-corrected chi connectivity index (χ2v) is 4.93. The molecule has 0 bridgehead atoms. The van der Waals surface area contributed by atoms with Gasteiger partial charge in [-0.15, -0.1) is 0 Å². The SMILES string of the molecule is CC(F)(F)C1CC2=C(O1)C(=O)c1cccc(O)c1C2=O. The molecule has 104 valence electrons. The van der Waals surface area contributed by atoms with E-state index in [1.54, 1.807) is 0 Å². The third-order valence-corrected chi connectivity index (χ3v) is 3.48. The number of alkyl halides is 2. The number of rotatable bonds is 1. The number of carbonyl (C=O) groups excluding carboxylic acids is 2. The van der Waals surface area contributed by atoms with Crippen molar-refractivity contribution in [1.29, 1.82) is 0 Å². The molecule has 0 saturated carbocycles. The summed E-state index contributed by atoms with van der Waals surface area (Å²) in [7, 11) is 0. The topological polar surface area (TPSA) is 63.6 Å². The standard InChI is InChI=1S/C14H10F2O4/c1-14(15,16)9-5-7-11(18)10-6(3-2-4-8(10)17)12(19)13(7)20-9/h2-4,9,17H,5H2,1H3. The van der Waals surface area contributed by atoms with Crippen molar-refractivity contribution in [3.05, 3.63) is 40.7 Å². The lowest BCUT2D eigenvalue weighted by molar-refractivity contribution is -0.0925. The Morgan fingerprint density at radius 2 is 2.00 bits per heavy atom. The molecule has 20 heavy (non-hydrogen) atoms. The molecule has 4 nitrogen and oxygen atoms in total. The van der Waals surface area contributed by atoms with E-state index >= 15 is 0 Å². The van der Waals surface area contributed by atoms with Crippen molar-refractivity contribution >= 4 is 11.6 Å². The number of hydrogen-bond donors (Lipinski definition) is 1. The molecule has 0 spiro atoms. The highest BCUT2D eigenvalue weighted by Crippen LogP contribution is 2.42. The lowest BCUT2D eigenvalue weighted by Crippen LogP contribution is -2.30. The summed E-state index contributed by atoms with van der Waals surface area (Å²) in [4.78, 5) is 24.4. The van der Waals surface area contributed by atoms with Gasteiger partial charge in [-0.2, -0.15) is 0 Å². The minimum atomic E-state index is -3.16. The van der Waals surface area contributed by atoms with Gasteiger partial charge in [-0.05, 0) is 12.1 Å². The lowest BCUT2D eigenvalue weighted by atomic mass is 9.86. The molecule has 0 amide bonds. The Balaban J connectivity index is 2.09. The zero-order valence-corrected chi connectivity index (χ0v) is 10.4. The zero-order valence-electron chi connectivity index (χ0n) is 10.4. The highest BCUT2D eigenvalue weighted by Gasteiger charge is 2.48. The van der Waals surface area contributed by atoms with E-state index < -0.39 is 23.6 Å². The predicted molar refractivity (Wildman–Crippen MR) is 63.9 cm³/mol. The molecule has 1 aliphatic carbocycles. The van der Waals surface area contributed by atoms with Crippen LogP contribution in [0.25, 0.3) is 0 Å². The predicted octanol–water partition coefficient (Wildman–Crippen LogP) is 2.47. The fourth-order valence-electron chi connectivity index (χ4n) is 2.44. The van der Waals surface area contributed by atoms with Crippen LogP contribution in [0.15, 0.2) is 29.5 Å². The molecular weight excluding hydrogens is 270 g/mol. The summed E-state index contributed by atoms with van der Waals surface area (Å²) in [6.45, 7) is 0.676. The third kappa shape index (κ3) is 1.64. The maximum absolute atomic E-state index is 13.3. The second kappa shape index (κ2) is 3.88. The molecule has 2 aliphatic rings. The van der Waals surface area contributed by atoms with Crippen molar-refractivity contribution in [3.8, 4) is 5.75 Å². The number of ether oxygens (including phenoxy) is 1. The molecule has 6 heteroatoms. The van der Waals surface area contributed by atoms with Gasteiger partial charge in [0.1, 0.15) is 5.75 Å². The molecule has 0 saturated heterocycles. The van der Waals surface area contributed by atoms with E-state index in [1.165, 1.54) is 18.2 Å². The van der Waals surface area contributed by atoms with Gasteiger partial charge in [-0.1, -0.05) is 6.07 Å². The first-order valence-corrected chi connectivity index (χ1v) is 5.99. The summed E-state index contributed by atoms with van der Waals surface area (Å²) in [6, 6.07) is 4.04. The number of aromatic hydroxyl groups is 1. The summed E-state index contributed by atoms with van der Waals surface area (Å²) in [5.41, 5.74) is -0.246. The Labute approximate surface area is 112 Å². The monoisotopic (exact) mass is 280 g/mol. The number of phenolic OH excluding ortho intramolecular Hbond substituents is 1. The van der Waals surface area contributed by atoms with E-state index in [0.717, 1.165) is 0 Å². The molecule has 1 unspecified atom stereocenters. The van der Waals surface area contributed by atoms with Crippen molar-refractivity contribution < 1.29 is 28.2 Å². The Morgan fingerprint density at radius 3 is 2.65 bits per heavy atom. The highest BCUT2D eigenvalue weighted by molar-refractivity contribution is 6.27. The highest BCUT2D eigenvalue weighted by atomic mass is 19.3. The number of phenols is 1. The van der Waals surface area contributed by atoms with Crippen LogP contribution in [0.5, 0.6) is 5.75 Å². The second-order valence-electron chi connectivity index (χ2n) is 4.93. The Hall–Kier alpha value is -2.24. The zero-order chi connectivity index (χ0) is 14.7. The van der Waals surface area contributed by atoms with Crippen molar-refractivity contribution in [2.24, 2.45) is 0 Å². The van der Waals surface area contributed by atoms with Gasteiger partial charge in [0.05, 0.1) is 11.1 Å². The molecule has 0 aromatic heterocycles. The molecule has 0 radical (unpaired) electrons. The van der Waals surface area contributed by atoms with Gasteiger partial charge < -0.3 is 9.84 Å². The first-order chi connectivity index (χ1) is 9.30. The van der Waals surface area contributed by atoms with E-state index in [1.807, 2.05) is 0 Å². The number of benzene rings is 1. The van der Waals surface area contributed by atoms with Crippen LogP contribution in [0, 0.1) is 0 Å². The van der Waals surface area contributed by atoms with E-state index in [9.17, 15) is 23.5 Å². The van der Waals surface area contributed by atoms with Gasteiger partial charge in [-0.3, -0.25) is 9.59 Å². The van der Waals surface area contributed by atoms with E-state index in [0.29, 0.717) is 6.92 Å². The summed E-state index contributed by atoms with van der Waals surface area (Å²) in [6.07, 6.45) is -1.87. The van der Waals surface area contributed by atoms with Gasteiger partial charge in [-0.25, -0.2) is 8.78 Å². The molecule has 1 aliphatic heterocycles. The Kier molecular flexibility index (Phi) is 2.48. The van der Waals surface area contributed by atoms with Gasteiger partial charge in [0.15, 0.2) is 17.6 Å². The van der Waals surface area contributed by atoms with Crippen LogP contribution in [0.2, 0.25) is 0 Å². The van der Waals surface area contributed by atoms with Gasteiger partial charge in [0.25, 0.3) is 5.92 Å². The normalized spacial score (nSPS) is 21.6. The maximum Gasteiger partial charge on any atom is 0.281 e. The minimum absolute atomic E-state index is 0.0196. The van der Waals surface area contributed by atoms with Crippen LogP contribution >= 0.6 is 0 Å². The molecular formula is C14H10F2O4. The van der Waals surface area contributed by atoms with Crippen LogP contribution < -0.4 is 0 Å². The van der Waals surface area contributed by atoms with Gasteiger partial charge >= 0.3 is 0 Å². The molecule has 1 N–H and O–H groups in total. The number of allylic oxidation sites excluding steroid dienone is 1. The minimum Gasteiger partial charge on any atom is -0.507 e. The Morgan fingerprint density at radius 1 is 1.30 bits per heavy atom. The molecule has 1 atom stereocenters. The van der Waals surface area contributed by atoms with Crippen molar-refractivity contribution in [2.75, 3.05) is 0 Å². The van der Waals surface area contributed by atoms with Crippen LogP contribution in [0.4, 0.5) is 8.78 Å². The smallest absolute Gasteiger partial charge is 0.281 e. The third-order valence-electron chi connectivity index (χ3n) is 3.48. The molecule has 3 rings (SSSR count). The van der Waals surface area contributed by atoms with Crippen LogP contribution in [-0.2, 0) is 4.74 Å². The average molecular weight is 280 g/mol. The van der Waals surface area contributed by atoms with Crippen molar-refractivity contribution in [1.82, 2.24) is 0 Å². The molecule has 1 aromatic rings. The lowest BCUT2D eigenvalue weighted by Gasteiger charge is -2.19. The largest absolute Gasteiger partial charge is 0.507 e. The fraction of sp³-hybridized carbons (Fsp3) is 0.286. The Bertz CT molecular complexity index is 670. The first-order valence-electron chi connectivity index (χ1n) is 5.99. The number of Topliss-reactive ketones (excluding diaryl/α,β-unsaturated/α-hetero) is 2. The molecule has 1 aromatic carbocycles. The number of ketones is 2. The van der Waals surface area contributed by atoms with E-state index in [4.69, 9.17) is 4.74 Å². The van der Waals surface area contributed by atoms with Gasteiger partial charge in [0, 0.05) is 18.9 Å². The maximum atomic E-state index is 13.3. The van der Waals surface area contributed by atoms with E-state index in [2.05, 4.69) is 0 Å². The quantitative estimate of drug-likeness (QED) is 0.858. The molecule has 0 fully saturated rings. The summed E-state index contributed by atoms with van der Waals surface area (Å²) >= 11 is 0. The average Bonchev–Trinajstić information content (AvgIpc) is 2.81. The number of carbonyl (C=O) groups is 2. The number of halogens is 2. The fourth-order valence-corrected chi connectivity index (χ4v) is 2.44. The van der Waals surface area contributed by atoms with Crippen molar-refractivity contribution in [2.45, 2.75) is 25.4 Å². The number of fused-ring (bicyclic) bond motifs is 1.